The summed E-state index contributed by atoms with van der Waals surface area (Å²) in [6, 6.07) is 4.99. The number of nitrogens with zero attached hydrogens (tertiary/aromatic N) is 1. The Kier molecular flexibility index (Phi) is 2.41. The van der Waals surface area contributed by atoms with Gasteiger partial charge in [0.05, 0.1) is 18.4 Å². The lowest BCUT2D eigenvalue weighted by Gasteiger charge is -2.05. The molecule has 2 N–H and O–H groups in total. The molecule has 0 heterocycles. The fourth-order valence-electron chi connectivity index (χ4n) is 0.854. The normalized spacial score (nSPS) is 9.08. The first-order chi connectivity index (χ1) is 5.69. The highest BCUT2D eigenvalue weighted by Crippen LogP contribution is 2.28. The molecule has 1 rings (SSSR count). The van der Waals surface area contributed by atoms with E-state index in [-0.39, 0.29) is 0 Å². The zero-order valence-electron chi connectivity index (χ0n) is 6.47. The maximum Gasteiger partial charge on any atom is 0.144 e. The largest absolute Gasteiger partial charge is 0.494 e. The predicted molar refractivity (Wildman–Crippen MR) is 47.1 cm³/mol. The maximum absolute atomic E-state index is 8.62. The van der Waals surface area contributed by atoms with E-state index in [4.69, 9.17) is 27.3 Å². The second kappa shape index (κ2) is 3.33. The van der Waals surface area contributed by atoms with Crippen molar-refractivity contribution in [2.24, 2.45) is 0 Å². The number of nitriles is 1. The van der Waals surface area contributed by atoms with Crippen LogP contribution < -0.4 is 10.5 Å². The number of nitrogens with two attached hydrogens (primary N) is 1. The van der Waals surface area contributed by atoms with Gasteiger partial charge in [-0.3, -0.25) is 0 Å². The van der Waals surface area contributed by atoms with Crippen molar-refractivity contribution in [3.05, 3.63) is 22.7 Å². The SMILES string of the molecule is COc1cc(Cl)cc(C#N)c1N. The monoisotopic (exact) mass is 182 g/mol. The first-order valence-electron chi connectivity index (χ1n) is 3.22. The molecule has 0 radical (unpaired) electrons. The van der Waals surface area contributed by atoms with Crippen molar-refractivity contribution in [3.63, 3.8) is 0 Å². The van der Waals surface area contributed by atoms with E-state index in [1.807, 2.05) is 6.07 Å². The number of anilines is 1. The molecule has 1 aromatic carbocycles. The zero-order chi connectivity index (χ0) is 9.14. The standard InChI is InChI=1S/C8H7ClN2O/c1-12-7-3-6(9)2-5(4-10)8(7)11/h2-3H,11H2,1H3. The average molecular weight is 183 g/mol. The number of halogens is 1. The van der Waals surface area contributed by atoms with E-state index in [1.54, 1.807) is 6.07 Å². The molecule has 1 aromatic rings. The van der Waals surface area contributed by atoms with Crippen LogP contribution in [0, 0.1) is 11.3 Å². The molecular weight excluding hydrogens is 176 g/mol. The van der Waals surface area contributed by atoms with Crippen molar-refractivity contribution in [1.29, 1.82) is 5.26 Å². The van der Waals surface area contributed by atoms with Crippen LogP contribution in [0.2, 0.25) is 5.02 Å². The first kappa shape index (κ1) is 8.69. The van der Waals surface area contributed by atoms with Gasteiger partial charge in [-0.15, -0.1) is 0 Å². The number of methoxy groups -OCH3 is 1. The summed E-state index contributed by atoms with van der Waals surface area (Å²) in [5.74, 6) is 0.430. The lowest BCUT2D eigenvalue weighted by atomic mass is 10.2. The summed E-state index contributed by atoms with van der Waals surface area (Å²) in [5, 5.41) is 9.06. The van der Waals surface area contributed by atoms with Gasteiger partial charge >= 0.3 is 0 Å². The van der Waals surface area contributed by atoms with Gasteiger partial charge in [0.15, 0.2) is 0 Å². The Morgan fingerprint density at radius 1 is 1.58 bits per heavy atom. The summed E-state index contributed by atoms with van der Waals surface area (Å²) >= 11 is 5.69. The lowest BCUT2D eigenvalue weighted by molar-refractivity contribution is 0.417. The van der Waals surface area contributed by atoms with E-state index >= 15 is 0 Å². The van der Waals surface area contributed by atoms with Crippen LogP contribution in [0.15, 0.2) is 12.1 Å². The molecule has 0 amide bonds. The number of benzene rings is 1. The Labute approximate surface area is 75.3 Å². The Bertz CT molecular complexity index is 344. The molecule has 0 unspecified atom stereocenters. The molecule has 0 bridgehead atoms. The molecule has 0 saturated heterocycles. The maximum atomic E-state index is 8.62. The van der Waals surface area contributed by atoms with Gasteiger partial charge in [-0.1, -0.05) is 11.6 Å². The molecule has 62 valence electrons. The smallest absolute Gasteiger partial charge is 0.144 e. The quantitative estimate of drug-likeness (QED) is 0.674. The molecule has 0 aromatic heterocycles. The molecule has 0 aliphatic carbocycles. The molecule has 12 heavy (non-hydrogen) atoms. The molecule has 0 saturated carbocycles. The highest BCUT2D eigenvalue weighted by atomic mass is 35.5. The third-order valence-electron chi connectivity index (χ3n) is 1.45. The van der Waals surface area contributed by atoms with Crippen LogP contribution in [0.4, 0.5) is 5.69 Å². The highest BCUT2D eigenvalue weighted by Gasteiger charge is 2.06. The molecule has 4 heteroatoms. The second-order valence-corrected chi connectivity index (χ2v) is 2.62. The van der Waals surface area contributed by atoms with Crippen molar-refractivity contribution in [2.75, 3.05) is 12.8 Å². The van der Waals surface area contributed by atoms with E-state index in [1.165, 1.54) is 13.2 Å². The van der Waals surface area contributed by atoms with Gasteiger partial charge in [0.1, 0.15) is 11.8 Å². The fraction of sp³-hybridized carbons (Fsp3) is 0.125. The summed E-state index contributed by atoms with van der Waals surface area (Å²) in [5.41, 5.74) is 6.22. The minimum atomic E-state index is 0.324. The Hall–Kier alpha value is -1.40. The first-order valence-corrected chi connectivity index (χ1v) is 3.60. The van der Waals surface area contributed by atoms with Crippen molar-refractivity contribution in [1.82, 2.24) is 0 Å². The molecule has 0 fully saturated rings. The lowest BCUT2D eigenvalue weighted by Crippen LogP contribution is -1.95. The van der Waals surface area contributed by atoms with E-state index in [0.717, 1.165) is 0 Å². The van der Waals surface area contributed by atoms with E-state index in [2.05, 4.69) is 0 Å². The summed E-state index contributed by atoms with van der Waals surface area (Å²) < 4.78 is 4.91. The number of rotatable bonds is 1. The molecule has 3 nitrogen and oxygen atoms in total. The summed E-state index contributed by atoms with van der Waals surface area (Å²) in [7, 11) is 1.48. The number of ether oxygens (including phenoxy) is 1. The molecule has 0 atom stereocenters. The van der Waals surface area contributed by atoms with Crippen molar-refractivity contribution in [2.45, 2.75) is 0 Å². The number of nitrogen functional groups attached to an aromatic ring is 1. The van der Waals surface area contributed by atoms with E-state index < -0.39 is 0 Å². The van der Waals surface area contributed by atoms with Crippen LogP contribution >= 0.6 is 11.6 Å². The minimum Gasteiger partial charge on any atom is -0.494 e. The summed E-state index contributed by atoms with van der Waals surface area (Å²) in [6.07, 6.45) is 0. The highest BCUT2D eigenvalue weighted by molar-refractivity contribution is 6.31. The zero-order valence-corrected chi connectivity index (χ0v) is 7.22. The summed E-state index contributed by atoms with van der Waals surface area (Å²) in [6.45, 7) is 0. The molecule has 0 aliphatic rings. The van der Waals surface area contributed by atoms with E-state index in [0.29, 0.717) is 22.0 Å². The van der Waals surface area contributed by atoms with Crippen molar-refractivity contribution >= 4 is 17.3 Å². The van der Waals surface area contributed by atoms with Gasteiger partial charge < -0.3 is 10.5 Å². The second-order valence-electron chi connectivity index (χ2n) is 2.18. The molecule has 0 aliphatic heterocycles. The van der Waals surface area contributed by atoms with Gasteiger partial charge in [-0.05, 0) is 6.07 Å². The van der Waals surface area contributed by atoms with Crippen LogP contribution in [-0.2, 0) is 0 Å². The van der Waals surface area contributed by atoms with Gasteiger partial charge in [0, 0.05) is 11.1 Å². The van der Waals surface area contributed by atoms with Crippen molar-refractivity contribution < 1.29 is 4.74 Å². The topological polar surface area (TPSA) is 59.0 Å². The average Bonchev–Trinajstić information content (AvgIpc) is 2.08. The Balaban J connectivity index is 3.34. The third-order valence-corrected chi connectivity index (χ3v) is 1.67. The predicted octanol–water partition coefficient (Wildman–Crippen LogP) is 1.80. The summed E-state index contributed by atoms with van der Waals surface area (Å²) in [4.78, 5) is 0. The third kappa shape index (κ3) is 1.44. The molecule has 0 spiro atoms. The van der Waals surface area contributed by atoms with Gasteiger partial charge in [-0.25, -0.2) is 0 Å². The van der Waals surface area contributed by atoms with Gasteiger partial charge in [-0.2, -0.15) is 5.26 Å². The van der Waals surface area contributed by atoms with Crippen LogP contribution in [0.25, 0.3) is 0 Å². The Morgan fingerprint density at radius 2 is 2.25 bits per heavy atom. The van der Waals surface area contributed by atoms with Crippen molar-refractivity contribution in [3.8, 4) is 11.8 Å². The number of hydrogen-bond donors (Lipinski definition) is 1. The minimum absolute atomic E-state index is 0.324. The number of hydrogen-bond acceptors (Lipinski definition) is 3. The molecular formula is C8H7ClN2O. The van der Waals surface area contributed by atoms with Crippen LogP contribution in [0.3, 0.4) is 0 Å². The van der Waals surface area contributed by atoms with Crippen LogP contribution in [0.5, 0.6) is 5.75 Å². The van der Waals surface area contributed by atoms with Crippen LogP contribution in [0.1, 0.15) is 5.56 Å². The van der Waals surface area contributed by atoms with E-state index in [9.17, 15) is 0 Å². The Morgan fingerprint density at radius 3 is 2.75 bits per heavy atom. The fourth-order valence-corrected chi connectivity index (χ4v) is 1.06. The van der Waals surface area contributed by atoms with Gasteiger partial charge in [0.25, 0.3) is 0 Å². The van der Waals surface area contributed by atoms with Crippen LogP contribution in [-0.4, -0.2) is 7.11 Å². The van der Waals surface area contributed by atoms with Gasteiger partial charge in [0.2, 0.25) is 0 Å².